The highest BCUT2D eigenvalue weighted by Gasteiger charge is 2.58. The molecule has 0 bridgehead atoms. The molecule has 3 heterocycles. The molecule has 3 aromatic carbocycles. The Morgan fingerprint density at radius 3 is 2.22 bits per heavy atom. The van der Waals surface area contributed by atoms with Crippen LogP contribution in [0, 0.1) is 0 Å². The molecule has 0 saturated carbocycles. The Kier molecular flexibility index (Phi) is 6.31. The zero-order chi connectivity index (χ0) is 25.6. The van der Waals surface area contributed by atoms with Crippen LogP contribution in [-0.2, 0) is 18.4 Å². The Bertz CT molecular complexity index is 1440. The van der Waals surface area contributed by atoms with Gasteiger partial charge in [-0.05, 0) is 59.9 Å². The van der Waals surface area contributed by atoms with Gasteiger partial charge in [-0.25, -0.2) is 9.97 Å². The van der Waals surface area contributed by atoms with Gasteiger partial charge in [0.05, 0.1) is 12.4 Å². The van der Waals surface area contributed by atoms with Crippen LogP contribution >= 0.6 is 34.8 Å². The number of aromatic nitrogens is 2. The Morgan fingerprint density at radius 1 is 0.865 bits per heavy atom. The molecule has 37 heavy (non-hydrogen) atoms. The Hall–Kier alpha value is -3.12. The van der Waals surface area contributed by atoms with Gasteiger partial charge in [0.25, 0.3) is 5.91 Å². The third-order valence-electron chi connectivity index (χ3n) is 7.43. The number of carbonyl (C=O) groups is 1. The van der Waals surface area contributed by atoms with Crippen LogP contribution < -0.4 is 4.90 Å². The van der Waals surface area contributed by atoms with E-state index < -0.39 is 0 Å². The van der Waals surface area contributed by atoms with Gasteiger partial charge >= 0.3 is 0 Å². The molecule has 1 saturated heterocycles. The van der Waals surface area contributed by atoms with E-state index in [1.807, 2.05) is 41.3 Å². The number of anilines is 1. The first-order valence-corrected chi connectivity index (χ1v) is 13.2. The van der Waals surface area contributed by atoms with E-state index in [0.29, 0.717) is 23.1 Å². The summed E-state index contributed by atoms with van der Waals surface area (Å²) in [5, 5.41) is 1.66. The van der Waals surface area contributed by atoms with Crippen molar-refractivity contribution in [2.24, 2.45) is 0 Å². The standard InChI is InChI=1S/C29H23Cl3N4O/c30-21-9-5-19(6-10-21)15-29-13-14-35(27(37)24-16-34-26(32)17-33-24)28(29)36(25-4-2-1-3-23(25)29)18-20-7-11-22(31)12-8-20/h1-12,16-17,28H,13-15,18H2. The highest BCUT2D eigenvalue weighted by Crippen LogP contribution is 2.54. The summed E-state index contributed by atoms with van der Waals surface area (Å²) >= 11 is 18.3. The maximum Gasteiger partial charge on any atom is 0.275 e. The van der Waals surface area contributed by atoms with Crippen molar-refractivity contribution in [1.29, 1.82) is 0 Å². The van der Waals surface area contributed by atoms with Gasteiger partial charge in [0, 0.05) is 34.2 Å². The molecule has 6 rings (SSSR count). The SMILES string of the molecule is O=C(c1cnc(Cl)cn1)N1CCC2(Cc3ccc(Cl)cc3)c3ccccc3N(Cc3ccc(Cl)cc3)C12. The Balaban J connectivity index is 1.46. The maximum atomic E-state index is 13.9. The van der Waals surface area contributed by atoms with Crippen LogP contribution in [0.1, 0.15) is 33.6 Å². The summed E-state index contributed by atoms with van der Waals surface area (Å²) in [6, 6.07) is 24.4. The smallest absolute Gasteiger partial charge is 0.275 e. The molecule has 5 nitrogen and oxygen atoms in total. The van der Waals surface area contributed by atoms with Crippen molar-refractivity contribution in [3.05, 3.63) is 123 Å². The fourth-order valence-corrected chi connectivity index (χ4v) is 6.22. The third kappa shape index (κ3) is 4.35. The van der Waals surface area contributed by atoms with Crippen molar-refractivity contribution < 1.29 is 4.79 Å². The highest BCUT2D eigenvalue weighted by molar-refractivity contribution is 6.30. The van der Waals surface area contributed by atoms with Gasteiger partial charge in [-0.2, -0.15) is 0 Å². The van der Waals surface area contributed by atoms with Crippen LogP contribution in [0.25, 0.3) is 0 Å². The van der Waals surface area contributed by atoms with Crippen molar-refractivity contribution in [1.82, 2.24) is 14.9 Å². The second kappa shape index (κ2) is 9.64. The Labute approximate surface area is 230 Å². The Morgan fingerprint density at radius 2 is 1.54 bits per heavy atom. The molecule has 186 valence electrons. The fraction of sp³-hybridized carbons (Fsp3) is 0.207. The van der Waals surface area contributed by atoms with E-state index in [0.717, 1.165) is 24.1 Å². The minimum Gasteiger partial charge on any atom is -0.346 e. The zero-order valence-corrected chi connectivity index (χ0v) is 22.1. The molecule has 2 aliphatic heterocycles. The summed E-state index contributed by atoms with van der Waals surface area (Å²) in [5.74, 6) is -0.152. The van der Waals surface area contributed by atoms with E-state index in [9.17, 15) is 4.79 Å². The lowest BCUT2D eigenvalue weighted by atomic mass is 9.74. The first kappa shape index (κ1) is 24.2. The van der Waals surface area contributed by atoms with Crippen molar-refractivity contribution in [3.8, 4) is 0 Å². The summed E-state index contributed by atoms with van der Waals surface area (Å²) in [6.45, 7) is 1.24. The monoisotopic (exact) mass is 548 g/mol. The number of rotatable bonds is 5. The molecule has 1 fully saturated rings. The molecular formula is C29H23Cl3N4O. The number of hydrogen-bond acceptors (Lipinski definition) is 4. The molecule has 1 amide bonds. The van der Waals surface area contributed by atoms with Gasteiger partial charge in [0.15, 0.2) is 0 Å². The van der Waals surface area contributed by atoms with Crippen LogP contribution in [0.3, 0.4) is 0 Å². The number of amides is 1. The zero-order valence-electron chi connectivity index (χ0n) is 19.8. The predicted molar refractivity (Wildman–Crippen MR) is 147 cm³/mol. The van der Waals surface area contributed by atoms with Crippen molar-refractivity contribution in [3.63, 3.8) is 0 Å². The second-order valence-corrected chi connectivity index (χ2v) is 10.8. The quantitative estimate of drug-likeness (QED) is 0.274. The average Bonchev–Trinajstić information content (AvgIpc) is 3.40. The van der Waals surface area contributed by atoms with E-state index in [-0.39, 0.29) is 28.3 Å². The van der Waals surface area contributed by atoms with Gasteiger partial charge in [0.2, 0.25) is 0 Å². The molecule has 1 aromatic heterocycles. The lowest BCUT2D eigenvalue weighted by Gasteiger charge is -2.38. The molecule has 2 atom stereocenters. The van der Waals surface area contributed by atoms with Crippen molar-refractivity contribution in [2.75, 3.05) is 11.4 Å². The summed E-state index contributed by atoms with van der Waals surface area (Å²) in [7, 11) is 0. The number of benzene rings is 3. The van der Waals surface area contributed by atoms with E-state index in [2.05, 4.69) is 51.3 Å². The predicted octanol–water partition coefficient (Wildman–Crippen LogP) is 6.81. The number of nitrogens with zero attached hydrogens (tertiary/aromatic N) is 4. The molecule has 2 aliphatic rings. The van der Waals surface area contributed by atoms with Crippen molar-refractivity contribution in [2.45, 2.75) is 31.0 Å². The van der Waals surface area contributed by atoms with Crippen molar-refractivity contribution >= 4 is 46.4 Å². The summed E-state index contributed by atoms with van der Waals surface area (Å²) in [6.07, 6.45) is 4.26. The van der Waals surface area contributed by atoms with Crippen LogP contribution in [-0.4, -0.2) is 33.5 Å². The third-order valence-corrected chi connectivity index (χ3v) is 8.13. The molecule has 8 heteroatoms. The fourth-order valence-electron chi connectivity index (χ4n) is 5.87. The summed E-state index contributed by atoms with van der Waals surface area (Å²) < 4.78 is 0. The molecule has 4 aromatic rings. The van der Waals surface area contributed by atoms with E-state index in [1.54, 1.807) is 0 Å². The van der Waals surface area contributed by atoms with Gasteiger partial charge in [-0.15, -0.1) is 0 Å². The van der Waals surface area contributed by atoms with Gasteiger partial charge in [-0.1, -0.05) is 77.3 Å². The minimum atomic E-state index is -0.299. The lowest BCUT2D eigenvalue weighted by Crippen LogP contribution is -2.52. The normalized spacial score (nSPS) is 20.1. The highest BCUT2D eigenvalue weighted by atomic mass is 35.5. The first-order chi connectivity index (χ1) is 17.9. The molecule has 2 unspecified atom stereocenters. The van der Waals surface area contributed by atoms with Crippen LogP contribution in [0.5, 0.6) is 0 Å². The number of fused-ring (bicyclic) bond motifs is 3. The van der Waals surface area contributed by atoms with E-state index >= 15 is 0 Å². The number of para-hydroxylation sites is 1. The summed E-state index contributed by atoms with van der Waals surface area (Å²) in [4.78, 5) is 26.5. The van der Waals surface area contributed by atoms with Gasteiger partial charge in [-0.3, -0.25) is 4.79 Å². The lowest BCUT2D eigenvalue weighted by molar-refractivity contribution is 0.0702. The number of hydrogen-bond donors (Lipinski definition) is 0. The first-order valence-electron chi connectivity index (χ1n) is 12.1. The van der Waals surface area contributed by atoms with Crippen LogP contribution in [0.15, 0.2) is 85.2 Å². The maximum absolute atomic E-state index is 13.9. The molecule has 0 spiro atoms. The number of carbonyl (C=O) groups excluding carboxylic acids is 1. The van der Waals surface area contributed by atoms with Gasteiger partial charge in [0.1, 0.15) is 17.0 Å². The van der Waals surface area contributed by atoms with Gasteiger partial charge < -0.3 is 9.80 Å². The van der Waals surface area contributed by atoms with Crippen LogP contribution in [0.4, 0.5) is 5.69 Å². The molecule has 0 N–H and O–H groups in total. The molecule has 0 radical (unpaired) electrons. The summed E-state index contributed by atoms with van der Waals surface area (Å²) in [5.41, 5.74) is 4.67. The second-order valence-electron chi connectivity index (χ2n) is 9.58. The number of likely N-dealkylation sites (tertiary alicyclic amines) is 1. The average molecular weight is 550 g/mol. The molecular weight excluding hydrogens is 527 g/mol. The molecule has 0 aliphatic carbocycles. The van der Waals surface area contributed by atoms with Crippen LogP contribution in [0.2, 0.25) is 15.2 Å². The minimum absolute atomic E-state index is 0.152. The van der Waals surface area contributed by atoms with E-state index in [4.69, 9.17) is 34.8 Å². The largest absolute Gasteiger partial charge is 0.346 e. The topological polar surface area (TPSA) is 49.3 Å². The number of halogens is 3. The van der Waals surface area contributed by atoms with E-state index in [1.165, 1.54) is 23.5 Å².